The zero-order valence-corrected chi connectivity index (χ0v) is 13.3. The third-order valence-electron chi connectivity index (χ3n) is 4.13. The van der Waals surface area contributed by atoms with E-state index in [4.69, 9.17) is 9.47 Å². The Hall–Kier alpha value is -0.860. The number of halogens is 3. The maximum atomic E-state index is 12.4. The first kappa shape index (κ1) is 18.5. The molecule has 134 valence electrons. The van der Waals surface area contributed by atoms with Crippen LogP contribution in [0.3, 0.4) is 0 Å². The Bertz CT molecular complexity index is 373. The molecule has 2 aliphatic rings. The monoisotopic (exact) mass is 338 g/mol. The first-order valence-corrected chi connectivity index (χ1v) is 8.20. The van der Waals surface area contributed by atoms with Gasteiger partial charge in [-0.3, -0.25) is 9.69 Å². The van der Waals surface area contributed by atoms with Gasteiger partial charge in [-0.1, -0.05) is 0 Å². The Morgan fingerprint density at radius 1 is 1.17 bits per heavy atom. The van der Waals surface area contributed by atoms with Crippen molar-refractivity contribution in [3.8, 4) is 0 Å². The highest BCUT2D eigenvalue weighted by Gasteiger charge is 2.31. The topological polar surface area (TPSA) is 42.0 Å². The predicted octanol–water partition coefficient (Wildman–Crippen LogP) is 1.67. The van der Waals surface area contributed by atoms with E-state index in [-0.39, 0.29) is 25.0 Å². The molecule has 1 unspecified atom stereocenters. The minimum atomic E-state index is -4.19. The van der Waals surface area contributed by atoms with E-state index in [1.165, 1.54) is 4.90 Å². The number of carbonyl (C=O) groups excluding carboxylic acids is 1. The number of rotatable bonds is 6. The number of nitrogens with zero attached hydrogens (tertiary/aromatic N) is 2. The van der Waals surface area contributed by atoms with Gasteiger partial charge in [0, 0.05) is 32.8 Å². The van der Waals surface area contributed by atoms with E-state index in [0.717, 1.165) is 19.4 Å². The van der Waals surface area contributed by atoms with Gasteiger partial charge in [0.1, 0.15) is 0 Å². The van der Waals surface area contributed by atoms with Gasteiger partial charge < -0.3 is 14.4 Å². The molecule has 1 amide bonds. The first-order chi connectivity index (χ1) is 10.9. The van der Waals surface area contributed by atoms with Crippen LogP contribution in [0.4, 0.5) is 13.2 Å². The zero-order chi connectivity index (χ0) is 16.7. The van der Waals surface area contributed by atoms with Crippen LogP contribution in [-0.2, 0) is 14.3 Å². The summed E-state index contributed by atoms with van der Waals surface area (Å²) in [4.78, 5) is 15.1. The van der Waals surface area contributed by atoms with Gasteiger partial charge in [0.2, 0.25) is 5.91 Å². The Labute approximate surface area is 134 Å². The van der Waals surface area contributed by atoms with Crippen molar-refractivity contribution in [2.24, 2.45) is 0 Å². The van der Waals surface area contributed by atoms with Crippen LogP contribution < -0.4 is 0 Å². The van der Waals surface area contributed by atoms with Crippen LogP contribution in [-0.4, -0.2) is 80.5 Å². The zero-order valence-electron chi connectivity index (χ0n) is 13.3. The van der Waals surface area contributed by atoms with Crippen molar-refractivity contribution in [1.29, 1.82) is 0 Å². The standard InChI is InChI=1S/C15H25F3N2O3/c16-15(17,18)12-19-5-2-6-20(8-7-19)14(21)4-10-22-11-13-3-1-9-23-13/h13H,1-12H2. The quantitative estimate of drug-likeness (QED) is 0.691. The molecular weight excluding hydrogens is 313 g/mol. The van der Waals surface area contributed by atoms with Gasteiger partial charge in [0.05, 0.1) is 32.3 Å². The summed E-state index contributed by atoms with van der Waals surface area (Å²) in [6.07, 6.45) is -1.16. The van der Waals surface area contributed by atoms with Crippen LogP contribution in [0, 0.1) is 0 Å². The van der Waals surface area contributed by atoms with E-state index >= 15 is 0 Å². The van der Waals surface area contributed by atoms with Gasteiger partial charge in [-0.2, -0.15) is 13.2 Å². The summed E-state index contributed by atoms with van der Waals surface area (Å²) in [5.41, 5.74) is 0. The van der Waals surface area contributed by atoms with Crippen molar-refractivity contribution >= 4 is 5.91 Å². The Kier molecular flexibility index (Phi) is 7.10. The summed E-state index contributed by atoms with van der Waals surface area (Å²) in [5.74, 6) is -0.0498. The minimum Gasteiger partial charge on any atom is -0.378 e. The molecule has 2 fully saturated rings. The highest BCUT2D eigenvalue weighted by Crippen LogP contribution is 2.18. The van der Waals surface area contributed by atoms with Crippen LogP contribution in [0.5, 0.6) is 0 Å². The largest absolute Gasteiger partial charge is 0.401 e. The van der Waals surface area contributed by atoms with Gasteiger partial charge in [-0.25, -0.2) is 0 Å². The first-order valence-electron chi connectivity index (χ1n) is 8.20. The summed E-state index contributed by atoms with van der Waals surface area (Å²) >= 11 is 0. The molecule has 1 atom stereocenters. The highest BCUT2D eigenvalue weighted by atomic mass is 19.4. The average Bonchev–Trinajstić information content (AvgIpc) is 2.88. The van der Waals surface area contributed by atoms with Crippen molar-refractivity contribution in [3.63, 3.8) is 0 Å². The van der Waals surface area contributed by atoms with E-state index < -0.39 is 12.7 Å². The molecule has 0 N–H and O–H groups in total. The second-order valence-electron chi connectivity index (χ2n) is 6.09. The molecule has 0 aliphatic carbocycles. The number of alkyl halides is 3. The van der Waals surface area contributed by atoms with E-state index in [2.05, 4.69) is 0 Å². The molecule has 2 aliphatic heterocycles. The summed E-state index contributed by atoms with van der Waals surface area (Å²) in [6, 6.07) is 0. The fourth-order valence-electron chi connectivity index (χ4n) is 2.94. The highest BCUT2D eigenvalue weighted by molar-refractivity contribution is 5.76. The molecule has 0 aromatic carbocycles. The molecule has 0 radical (unpaired) electrons. The van der Waals surface area contributed by atoms with Crippen LogP contribution >= 0.6 is 0 Å². The van der Waals surface area contributed by atoms with Gasteiger partial charge in [-0.05, 0) is 19.3 Å². The van der Waals surface area contributed by atoms with Crippen molar-refractivity contribution in [3.05, 3.63) is 0 Å². The third kappa shape index (κ3) is 7.05. The van der Waals surface area contributed by atoms with Crippen LogP contribution in [0.15, 0.2) is 0 Å². The van der Waals surface area contributed by atoms with Crippen molar-refractivity contribution in [2.45, 2.75) is 38.0 Å². The van der Waals surface area contributed by atoms with E-state index in [0.29, 0.717) is 39.3 Å². The summed E-state index contributed by atoms with van der Waals surface area (Å²) in [7, 11) is 0. The number of amides is 1. The van der Waals surface area contributed by atoms with E-state index in [9.17, 15) is 18.0 Å². The van der Waals surface area contributed by atoms with Gasteiger partial charge in [-0.15, -0.1) is 0 Å². The molecule has 2 heterocycles. The molecule has 2 rings (SSSR count). The maximum Gasteiger partial charge on any atom is 0.401 e. The van der Waals surface area contributed by atoms with Crippen molar-refractivity contribution in [2.75, 3.05) is 52.5 Å². The lowest BCUT2D eigenvalue weighted by molar-refractivity contribution is -0.145. The van der Waals surface area contributed by atoms with Gasteiger partial charge >= 0.3 is 6.18 Å². The van der Waals surface area contributed by atoms with E-state index in [1.54, 1.807) is 4.90 Å². The van der Waals surface area contributed by atoms with Crippen LogP contribution in [0.25, 0.3) is 0 Å². The lowest BCUT2D eigenvalue weighted by Crippen LogP contribution is -2.38. The molecule has 2 saturated heterocycles. The van der Waals surface area contributed by atoms with Crippen molar-refractivity contribution in [1.82, 2.24) is 9.80 Å². The molecule has 0 aromatic heterocycles. The second kappa shape index (κ2) is 8.84. The minimum absolute atomic E-state index is 0.0498. The van der Waals surface area contributed by atoms with Crippen LogP contribution in [0.1, 0.15) is 25.7 Å². The van der Waals surface area contributed by atoms with Crippen molar-refractivity contribution < 1.29 is 27.4 Å². The Morgan fingerprint density at radius 3 is 2.70 bits per heavy atom. The van der Waals surface area contributed by atoms with E-state index in [1.807, 2.05) is 0 Å². The molecule has 0 spiro atoms. The van der Waals surface area contributed by atoms with Crippen LogP contribution in [0.2, 0.25) is 0 Å². The average molecular weight is 338 g/mol. The predicted molar refractivity (Wildman–Crippen MR) is 78.1 cm³/mol. The molecule has 5 nitrogen and oxygen atoms in total. The maximum absolute atomic E-state index is 12.4. The fourth-order valence-corrected chi connectivity index (χ4v) is 2.94. The SMILES string of the molecule is O=C(CCOCC1CCCO1)N1CCCN(CC(F)(F)F)CC1. The number of hydrogen-bond acceptors (Lipinski definition) is 4. The molecule has 23 heavy (non-hydrogen) atoms. The second-order valence-corrected chi connectivity index (χ2v) is 6.09. The molecule has 0 saturated carbocycles. The smallest absolute Gasteiger partial charge is 0.378 e. The lowest BCUT2D eigenvalue weighted by atomic mass is 10.2. The molecule has 0 bridgehead atoms. The number of hydrogen-bond donors (Lipinski definition) is 0. The van der Waals surface area contributed by atoms with Gasteiger partial charge in [0.15, 0.2) is 0 Å². The Morgan fingerprint density at radius 2 is 2.00 bits per heavy atom. The molecule has 8 heteroatoms. The normalized spacial score (nSPS) is 24.0. The molecular formula is C15H25F3N2O3. The summed E-state index contributed by atoms with van der Waals surface area (Å²) in [6.45, 7) is 2.21. The summed E-state index contributed by atoms with van der Waals surface area (Å²) in [5, 5.41) is 0. The number of ether oxygens (including phenoxy) is 2. The number of carbonyl (C=O) groups is 1. The van der Waals surface area contributed by atoms with Gasteiger partial charge in [0.25, 0.3) is 0 Å². The fraction of sp³-hybridized carbons (Fsp3) is 0.933. The third-order valence-corrected chi connectivity index (χ3v) is 4.13. The lowest BCUT2D eigenvalue weighted by Gasteiger charge is -2.22. The summed E-state index contributed by atoms with van der Waals surface area (Å²) < 4.78 is 48.1. The Balaban J connectivity index is 1.62. The molecule has 0 aromatic rings.